The minimum Gasteiger partial charge on any atom is -0.306 e. The minimum absolute atomic E-state index is 0.267. The summed E-state index contributed by atoms with van der Waals surface area (Å²) in [6.07, 6.45) is 3.08. The third kappa shape index (κ3) is 3.08. The molecular formula is C12H16N2O3S. The van der Waals surface area contributed by atoms with Crippen molar-refractivity contribution in [3.05, 3.63) is 28.7 Å². The largest absolute Gasteiger partial charge is 0.323 e. The lowest BCUT2D eigenvalue weighted by Crippen LogP contribution is -2.00. The van der Waals surface area contributed by atoms with Gasteiger partial charge < -0.3 is 9.97 Å². The fourth-order valence-corrected chi connectivity index (χ4v) is 2.47. The molecule has 6 heteroatoms. The second-order valence-electron chi connectivity index (χ2n) is 4.05. The van der Waals surface area contributed by atoms with Crippen LogP contribution in [0.25, 0.3) is 11.0 Å². The molecule has 0 spiro atoms. The van der Waals surface area contributed by atoms with Crippen molar-refractivity contribution in [1.29, 1.82) is 0 Å². The van der Waals surface area contributed by atoms with E-state index in [0.29, 0.717) is 22.5 Å². The first-order valence-electron chi connectivity index (χ1n) is 5.98. The second kappa shape index (κ2) is 5.97. The molecule has 1 aromatic carbocycles. The van der Waals surface area contributed by atoms with Gasteiger partial charge in [0.1, 0.15) is 0 Å². The van der Waals surface area contributed by atoms with Gasteiger partial charge in [0.2, 0.25) is 0 Å². The lowest BCUT2D eigenvalue weighted by Gasteiger charge is -2.03. The zero-order valence-corrected chi connectivity index (χ0v) is 11.0. The van der Waals surface area contributed by atoms with Crippen LogP contribution in [0.1, 0.15) is 26.2 Å². The van der Waals surface area contributed by atoms with Crippen molar-refractivity contribution in [2.75, 3.05) is 6.61 Å². The van der Waals surface area contributed by atoms with Gasteiger partial charge in [0.15, 0.2) is 11.1 Å². The van der Waals surface area contributed by atoms with Crippen LogP contribution < -0.4 is 5.69 Å². The molecule has 5 nitrogen and oxygen atoms in total. The van der Waals surface area contributed by atoms with Gasteiger partial charge >= 0.3 is 5.69 Å². The molecule has 1 aromatic heterocycles. The van der Waals surface area contributed by atoms with Crippen molar-refractivity contribution in [2.24, 2.45) is 0 Å². The summed E-state index contributed by atoms with van der Waals surface area (Å²) in [6.45, 7) is 2.59. The van der Waals surface area contributed by atoms with E-state index in [1.54, 1.807) is 18.2 Å². The summed E-state index contributed by atoms with van der Waals surface area (Å²) in [6, 6.07) is 5.08. The molecule has 2 N–H and O–H groups in total. The average Bonchev–Trinajstić information content (AvgIpc) is 2.73. The van der Waals surface area contributed by atoms with E-state index in [2.05, 4.69) is 16.9 Å². The average molecular weight is 268 g/mol. The summed E-state index contributed by atoms with van der Waals surface area (Å²) in [5.41, 5.74) is 1.08. The van der Waals surface area contributed by atoms with Gasteiger partial charge in [-0.05, 0) is 24.6 Å². The molecule has 0 fully saturated rings. The topological polar surface area (TPSA) is 75.0 Å². The molecule has 98 valence electrons. The molecule has 1 heterocycles. The maximum Gasteiger partial charge on any atom is 0.323 e. The van der Waals surface area contributed by atoms with Crippen LogP contribution in [0.3, 0.4) is 0 Å². The summed E-state index contributed by atoms with van der Waals surface area (Å²) in [7, 11) is 0. The summed E-state index contributed by atoms with van der Waals surface area (Å²) < 4.78 is 17.1. The van der Waals surface area contributed by atoms with Crippen LogP contribution in [0.15, 0.2) is 27.9 Å². The maximum atomic E-state index is 11.8. The quantitative estimate of drug-likeness (QED) is 0.788. The highest BCUT2D eigenvalue weighted by molar-refractivity contribution is 7.80. The molecule has 0 bridgehead atoms. The Morgan fingerprint density at radius 1 is 1.22 bits per heavy atom. The van der Waals surface area contributed by atoms with E-state index in [0.717, 1.165) is 19.3 Å². The van der Waals surface area contributed by atoms with Crippen molar-refractivity contribution in [1.82, 2.24) is 9.97 Å². The number of fused-ring (bicyclic) bond motifs is 1. The SMILES string of the molecule is CCCCCOS(=O)c1ccc2[nH]c(=O)[nH]c2c1. The van der Waals surface area contributed by atoms with Gasteiger partial charge in [-0.3, -0.25) is 4.18 Å². The van der Waals surface area contributed by atoms with Gasteiger partial charge in [0.25, 0.3) is 0 Å². The Hall–Kier alpha value is -1.40. The molecule has 1 atom stereocenters. The number of unbranched alkanes of at least 4 members (excludes halogenated alkanes) is 2. The predicted molar refractivity (Wildman–Crippen MR) is 70.8 cm³/mol. The van der Waals surface area contributed by atoms with Gasteiger partial charge in [-0.15, -0.1) is 0 Å². The van der Waals surface area contributed by atoms with Crippen LogP contribution >= 0.6 is 0 Å². The number of aromatic nitrogens is 2. The zero-order valence-electron chi connectivity index (χ0n) is 10.2. The first-order valence-corrected chi connectivity index (χ1v) is 7.05. The normalized spacial score (nSPS) is 12.9. The van der Waals surface area contributed by atoms with E-state index < -0.39 is 11.1 Å². The maximum absolute atomic E-state index is 11.8. The smallest absolute Gasteiger partial charge is 0.306 e. The lowest BCUT2D eigenvalue weighted by molar-refractivity contribution is 0.334. The Kier molecular flexibility index (Phi) is 4.33. The fourth-order valence-electron chi connectivity index (χ4n) is 1.67. The Balaban J connectivity index is 2.05. The van der Waals surface area contributed by atoms with Crippen molar-refractivity contribution < 1.29 is 8.39 Å². The Morgan fingerprint density at radius 2 is 2.00 bits per heavy atom. The van der Waals surface area contributed by atoms with Crippen LogP contribution in [0.2, 0.25) is 0 Å². The number of nitrogens with one attached hydrogen (secondary N) is 2. The highest BCUT2D eigenvalue weighted by atomic mass is 32.2. The van der Waals surface area contributed by atoms with Crippen molar-refractivity contribution in [3.63, 3.8) is 0 Å². The molecule has 18 heavy (non-hydrogen) atoms. The third-order valence-electron chi connectivity index (χ3n) is 2.62. The monoisotopic (exact) mass is 268 g/mol. The highest BCUT2D eigenvalue weighted by Gasteiger charge is 2.07. The zero-order chi connectivity index (χ0) is 13.0. The van der Waals surface area contributed by atoms with Crippen LogP contribution in [-0.2, 0) is 15.3 Å². The summed E-state index contributed by atoms with van der Waals surface area (Å²) in [5, 5.41) is 0. The molecule has 0 amide bonds. The second-order valence-corrected chi connectivity index (χ2v) is 5.23. The highest BCUT2D eigenvalue weighted by Crippen LogP contribution is 2.14. The van der Waals surface area contributed by atoms with E-state index >= 15 is 0 Å². The Bertz CT molecular complexity index is 603. The van der Waals surface area contributed by atoms with Crippen molar-refractivity contribution in [2.45, 2.75) is 31.1 Å². The van der Waals surface area contributed by atoms with E-state index in [4.69, 9.17) is 4.18 Å². The molecule has 2 rings (SSSR count). The molecular weight excluding hydrogens is 252 g/mol. The minimum atomic E-state index is -1.47. The van der Waals surface area contributed by atoms with Crippen LogP contribution in [-0.4, -0.2) is 20.8 Å². The van der Waals surface area contributed by atoms with Gasteiger partial charge in [0, 0.05) is 0 Å². The van der Waals surface area contributed by atoms with Gasteiger partial charge in [-0.2, -0.15) is 0 Å². The third-order valence-corrected chi connectivity index (χ3v) is 3.64. The first kappa shape index (κ1) is 13.0. The number of benzene rings is 1. The Morgan fingerprint density at radius 3 is 2.78 bits per heavy atom. The molecule has 1 unspecified atom stereocenters. The van der Waals surface area contributed by atoms with Crippen LogP contribution in [0.4, 0.5) is 0 Å². The molecule has 2 aromatic rings. The first-order chi connectivity index (χ1) is 8.70. The van der Waals surface area contributed by atoms with Crippen LogP contribution in [0, 0.1) is 0 Å². The van der Waals surface area contributed by atoms with E-state index in [-0.39, 0.29) is 5.69 Å². The number of H-pyrrole nitrogens is 2. The Labute approximate surface area is 107 Å². The molecule has 0 saturated carbocycles. The molecule has 0 aliphatic heterocycles. The molecule has 0 saturated heterocycles. The number of imidazole rings is 1. The van der Waals surface area contributed by atoms with E-state index in [1.807, 2.05) is 0 Å². The predicted octanol–water partition coefficient (Wildman–Crippen LogP) is 2.09. The fraction of sp³-hybridized carbons (Fsp3) is 0.417. The van der Waals surface area contributed by atoms with Gasteiger partial charge in [-0.1, -0.05) is 19.8 Å². The molecule has 0 radical (unpaired) electrons. The summed E-state index contributed by atoms with van der Waals surface area (Å²) >= 11 is -1.47. The van der Waals surface area contributed by atoms with E-state index in [1.165, 1.54) is 0 Å². The standard InChI is InChI=1S/C12H16N2O3S/c1-2-3-4-7-17-18(16)9-5-6-10-11(8-9)14-12(15)13-10/h5-6,8H,2-4,7H2,1H3,(H2,13,14,15). The number of aromatic amines is 2. The number of hydrogen-bond donors (Lipinski definition) is 2. The van der Waals surface area contributed by atoms with Crippen LogP contribution in [0.5, 0.6) is 0 Å². The number of hydrogen-bond acceptors (Lipinski definition) is 3. The molecule has 0 aliphatic carbocycles. The summed E-state index contributed by atoms with van der Waals surface area (Å²) in [4.78, 5) is 16.9. The van der Waals surface area contributed by atoms with Gasteiger partial charge in [-0.25, -0.2) is 9.00 Å². The van der Waals surface area contributed by atoms with Gasteiger partial charge in [0.05, 0.1) is 22.5 Å². The molecule has 0 aliphatic rings. The lowest BCUT2D eigenvalue weighted by atomic mass is 10.3. The van der Waals surface area contributed by atoms with Crippen molar-refractivity contribution >= 4 is 22.1 Å². The summed E-state index contributed by atoms with van der Waals surface area (Å²) in [5.74, 6) is 0. The number of rotatable bonds is 6. The van der Waals surface area contributed by atoms with E-state index in [9.17, 15) is 9.00 Å². The van der Waals surface area contributed by atoms with Crippen molar-refractivity contribution in [3.8, 4) is 0 Å².